The number of rotatable bonds is 12. The van der Waals surface area contributed by atoms with Crippen LogP contribution < -0.4 is 16.2 Å². The summed E-state index contributed by atoms with van der Waals surface area (Å²) in [6.45, 7) is 8.14. The molecule has 0 fully saturated rings. The Balaban J connectivity index is 2.55. The van der Waals surface area contributed by atoms with Gasteiger partial charge in [-0.2, -0.15) is 0 Å². The predicted molar refractivity (Wildman–Crippen MR) is 143 cm³/mol. The summed E-state index contributed by atoms with van der Waals surface area (Å²) in [5.74, 6) is -1.91. The summed E-state index contributed by atoms with van der Waals surface area (Å²) in [6, 6.07) is 4.75. The first-order valence-corrected chi connectivity index (χ1v) is 12.9. The summed E-state index contributed by atoms with van der Waals surface area (Å²) in [5.41, 5.74) is 11.6. The Kier molecular flexibility index (Phi) is 11.0. The number of amides is 3. The summed E-state index contributed by atoms with van der Waals surface area (Å²) in [7, 11) is 1.54. The Bertz CT molecular complexity index is 977. The maximum Gasteiger partial charge on any atom is 0.259 e. The largest absolute Gasteiger partial charge is 0.497 e. The smallest absolute Gasteiger partial charge is 0.259 e. The first kappa shape index (κ1) is 30.2. The molecule has 4 N–H and O–H groups in total. The molecular weight excluding hydrogens is 472 g/mol. The van der Waals surface area contributed by atoms with Crippen LogP contribution in [0.1, 0.15) is 52.5 Å². The number of nitrogens with zero attached hydrogens (tertiary/aromatic N) is 2. The summed E-state index contributed by atoms with van der Waals surface area (Å²) < 4.78 is 5.19. The van der Waals surface area contributed by atoms with Gasteiger partial charge in [0.05, 0.1) is 19.2 Å². The quantitative estimate of drug-likeness (QED) is 0.248. The molecule has 9 heteroatoms. The van der Waals surface area contributed by atoms with Crippen LogP contribution in [0.25, 0.3) is 0 Å². The molecule has 37 heavy (non-hydrogen) atoms. The number of benzene rings is 1. The van der Waals surface area contributed by atoms with Gasteiger partial charge in [-0.3, -0.25) is 19.3 Å². The highest BCUT2D eigenvalue weighted by Gasteiger charge is 2.50. The maximum atomic E-state index is 14.2. The maximum absolute atomic E-state index is 14.2. The van der Waals surface area contributed by atoms with Crippen molar-refractivity contribution in [1.82, 2.24) is 9.80 Å². The van der Waals surface area contributed by atoms with Crippen molar-refractivity contribution in [3.05, 3.63) is 42.0 Å². The van der Waals surface area contributed by atoms with Gasteiger partial charge in [0.2, 0.25) is 5.91 Å². The molecule has 0 radical (unpaired) electrons. The molecule has 2 rings (SSSR count). The van der Waals surface area contributed by atoms with E-state index in [1.807, 2.05) is 32.9 Å². The van der Waals surface area contributed by atoms with Gasteiger partial charge in [-0.15, -0.1) is 0 Å². The van der Waals surface area contributed by atoms with E-state index < -0.39 is 35.3 Å². The van der Waals surface area contributed by atoms with Crippen LogP contribution in [0, 0.1) is 11.8 Å². The van der Waals surface area contributed by atoms with Crippen molar-refractivity contribution in [2.24, 2.45) is 23.3 Å². The van der Waals surface area contributed by atoms with Gasteiger partial charge in [0, 0.05) is 19.5 Å². The molecule has 1 aromatic carbocycles. The Morgan fingerprint density at radius 3 is 2.30 bits per heavy atom. The second-order valence-corrected chi connectivity index (χ2v) is 10.3. The third kappa shape index (κ3) is 7.26. The van der Waals surface area contributed by atoms with Crippen molar-refractivity contribution in [1.29, 1.82) is 0 Å². The lowest BCUT2D eigenvalue weighted by atomic mass is 9.85. The molecule has 1 aliphatic heterocycles. The molecular formula is C28H42N4O5. The zero-order valence-electron chi connectivity index (χ0n) is 22.7. The topological polar surface area (TPSA) is 136 Å². The molecule has 0 spiro atoms. The lowest BCUT2D eigenvalue weighted by Crippen LogP contribution is -2.69. The van der Waals surface area contributed by atoms with E-state index >= 15 is 0 Å². The SMILES string of the molecule is CCC(C)C(N)C(=O)N(C(=O)C(N)(CC(C)C)C(=O)N1CC=CCC1)C(C=O)Cc1ccc(OC)cc1. The number of ether oxygens (including phenoxy) is 1. The summed E-state index contributed by atoms with van der Waals surface area (Å²) in [4.78, 5) is 56.4. The van der Waals surface area contributed by atoms with Crippen LogP contribution in [-0.2, 0) is 25.6 Å². The van der Waals surface area contributed by atoms with E-state index in [9.17, 15) is 19.2 Å². The highest BCUT2D eigenvalue weighted by atomic mass is 16.5. The lowest BCUT2D eigenvalue weighted by Gasteiger charge is -2.40. The number of aldehydes is 1. The second-order valence-electron chi connectivity index (χ2n) is 10.3. The van der Waals surface area contributed by atoms with Crippen LogP contribution in [-0.4, -0.2) is 71.6 Å². The number of carbonyl (C=O) groups excluding carboxylic acids is 4. The number of hydrogen-bond acceptors (Lipinski definition) is 7. The monoisotopic (exact) mass is 514 g/mol. The molecule has 0 saturated carbocycles. The van der Waals surface area contributed by atoms with Gasteiger partial charge >= 0.3 is 0 Å². The number of hydrogen-bond donors (Lipinski definition) is 2. The minimum absolute atomic E-state index is 0.0152. The first-order valence-electron chi connectivity index (χ1n) is 12.9. The van der Waals surface area contributed by atoms with Gasteiger partial charge in [0.1, 0.15) is 12.0 Å². The number of methoxy groups -OCH3 is 1. The van der Waals surface area contributed by atoms with Gasteiger partial charge in [-0.05, 0) is 42.4 Å². The summed E-state index contributed by atoms with van der Waals surface area (Å²) >= 11 is 0. The Morgan fingerprint density at radius 1 is 1.16 bits per heavy atom. The van der Waals surface area contributed by atoms with Gasteiger partial charge in [0.25, 0.3) is 11.8 Å². The van der Waals surface area contributed by atoms with Crippen molar-refractivity contribution in [3.8, 4) is 5.75 Å². The van der Waals surface area contributed by atoms with Crippen molar-refractivity contribution < 1.29 is 23.9 Å². The van der Waals surface area contributed by atoms with Crippen LogP contribution in [0.3, 0.4) is 0 Å². The van der Waals surface area contributed by atoms with E-state index in [0.29, 0.717) is 43.5 Å². The Morgan fingerprint density at radius 2 is 1.81 bits per heavy atom. The Hall–Kier alpha value is -3.04. The molecule has 4 unspecified atom stereocenters. The standard InChI is InChI=1S/C28H42N4O5/c1-6-20(4)24(29)25(34)32(22(18-33)16-21-10-12-23(37-5)13-11-21)27(36)28(30,17-19(2)3)26(35)31-14-8-7-9-15-31/h7-8,10-13,18-20,22,24H,6,9,14-17,29-30H2,1-5H3. The van der Waals surface area contributed by atoms with Crippen LogP contribution in [0.2, 0.25) is 0 Å². The first-order chi connectivity index (χ1) is 17.5. The molecule has 0 saturated heterocycles. The molecule has 9 nitrogen and oxygen atoms in total. The Labute approximate surface area is 220 Å². The molecule has 0 aromatic heterocycles. The third-order valence-corrected chi connectivity index (χ3v) is 6.93. The van der Waals surface area contributed by atoms with E-state index in [4.69, 9.17) is 16.2 Å². The van der Waals surface area contributed by atoms with Crippen molar-refractivity contribution >= 4 is 24.0 Å². The molecule has 0 aliphatic carbocycles. The van der Waals surface area contributed by atoms with E-state index in [1.165, 1.54) is 4.90 Å². The highest BCUT2D eigenvalue weighted by Crippen LogP contribution is 2.25. The number of imide groups is 1. The molecule has 3 amide bonds. The van der Waals surface area contributed by atoms with Gasteiger partial charge < -0.3 is 25.9 Å². The molecule has 1 aromatic rings. The van der Waals surface area contributed by atoms with E-state index in [0.717, 1.165) is 4.90 Å². The second kappa shape index (κ2) is 13.5. The fraction of sp³-hybridized carbons (Fsp3) is 0.571. The highest BCUT2D eigenvalue weighted by molar-refractivity contribution is 6.15. The molecule has 0 bridgehead atoms. The van der Waals surface area contributed by atoms with Crippen molar-refractivity contribution in [2.45, 2.75) is 71.0 Å². The van der Waals surface area contributed by atoms with Crippen molar-refractivity contribution in [3.63, 3.8) is 0 Å². The third-order valence-electron chi connectivity index (χ3n) is 6.93. The number of nitrogens with two attached hydrogens (primary N) is 2. The lowest BCUT2D eigenvalue weighted by molar-refractivity contribution is -0.159. The van der Waals surface area contributed by atoms with Crippen LogP contribution in [0.4, 0.5) is 0 Å². The number of carbonyl (C=O) groups is 4. The molecule has 1 aliphatic rings. The fourth-order valence-electron chi connectivity index (χ4n) is 4.51. The van der Waals surface area contributed by atoms with E-state index in [1.54, 1.807) is 38.3 Å². The van der Waals surface area contributed by atoms with Crippen LogP contribution >= 0.6 is 0 Å². The average molecular weight is 515 g/mol. The minimum Gasteiger partial charge on any atom is -0.497 e. The average Bonchev–Trinajstić information content (AvgIpc) is 2.91. The zero-order chi connectivity index (χ0) is 27.8. The van der Waals surface area contributed by atoms with Gasteiger partial charge in [-0.25, -0.2) is 0 Å². The van der Waals surface area contributed by atoms with Gasteiger partial charge in [0.15, 0.2) is 5.54 Å². The summed E-state index contributed by atoms with van der Waals surface area (Å²) in [6.07, 6.45) is 5.67. The van der Waals surface area contributed by atoms with Crippen LogP contribution in [0.5, 0.6) is 5.75 Å². The van der Waals surface area contributed by atoms with E-state index in [2.05, 4.69) is 0 Å². The van der Waals surface area contributed by atoms with Crippen LogP contribution in [0.15, 0.2) is 36.4 Å². The zero-order valence-corrected chi connectivity index (χ0v) is 22.7. The van der Waals surface area contributed by atoms with Gasteiger partial charge in [-0.1, -0.05) is 58.4 Å². The molecule has 4 atom stereocenters. The minimum atomic E-state index is -2.02. The predicted octanol–water partition coefficient (Wildman–Crippen LogP) is 2.07. The molecule has 204 valence electrons. The normalized spacial score (nSPS) is 17.5. The molecule has 1 heterocycles. The van der Waals surface area contributed by atoms with E-state index in [-0.39, 0.29) is 24.7 Å². The van der Waals surface area contributed by atoms with Crippen molar-refractivity contribution in [2.75, 3.05) is 20.2 Å². The summed E-state index contributed by atoms with van der Waals surface area (Å²) in [5, 5.41) is 0. The fourth-order valence-corrected chi connectivity index (χ4v) is 4.51.